The van der Waals surface area contributed by atoms with Crippen LogP contribution in [0.2, 0.25) is 0 Å². The first-order chi connectivity index (χ1) is 9.70. The molecule has 5 heteroatoms. The van der Waals surface area contributed by atoms with E-state index >= 15 is 0 Å². The summed E-state index contributed by atoms with van der Waals surface area (Å²) in [7, 11) is 0. The summed E-state index contributed by atoms with van der Waals surface area (Å²) in [5, 5.41) is 10.4. The highest BCUT2D eigenvalue weighted by atomic mass is 16.2. The van der Waals surface area contributed by atoms with Crippen molar-refractivity contribution in [3.05, 3.63) is 42.2 Å². The Hall–Kier alpha value is -2.30. The van der Waals surface area contributed by atoms with Crippen LogP contribution >= 0.6 is 0 Å². The lowest BCUT2D eigenvalue weighted by atomic mass is 10.3. The Labute approximate surface area is 118 Å². The maximum Gasteiger partial charge on any atom is 0.239 e. The quantitative estimate of drug-likeness (QED) is 0.872. The van der Waals surface area contributed by atoms with E-state index in [0.29, 0.717) is 12.6 Å². The first-order valence-electron chi connectivity index (χ1n) is 6.87. The molecule has 2 aromatic rings. The van der Waals surface area contributed by atoms with E-state index in [-0.39, 0.29) is 5.91 Å². The number of benzene rings is 1. The van der Waals surface area contributed by atoms with Crippen molar-refractivity contribution in [2.24, 2.45) is 0 Å². The summed E-state index contributed by atoms with van der Waals surface area (Å²) >= 11 is 0. The van der Waals surface area contributed by atoms with Crippen molar-refractivity contribution in [1.82, 2.24) is 15.1 Å². The number of nitrogens with zero attached hydrogens (tertiary/aromatic N) is 2. The van der Waals surface area contributed by atoms with Crippen molar-refractivity contribution in [3.63, 3.8) is 0 Å². The number of aromatic nitrogens is 2. The van der Waals surface area contributed by atoms with Gasteiger partial charge in [0, 0.05) is 17.9 Å². The predicted octanol–water partition coefficient (Wildman–Crippen LogP) is 1.87. The van der Waals surface area contributed by atoms with Crippen LogP contribution in [0.15, 0.2) is 36.5 Å². The summed E-state index contributed by atoms with van der Waals surface area (Å²) in [5.41, 5.74) is 2.93. The van der Waals surface area contributed by atoms with Crippen molar-refractivity contribution < 1.29 is 4.79 Å². The van der Waals surface area contributed by atoms with E-state index in [1.165, 1.54) is 0 Å². The first kappa shape index (κ1) is 12.7. The van der Waals surface area contributed by atoms with Crippen molar-refractivity contribution >= 4 is 11.6 Å². The first-order valence-corrected chi connectivity index (χ1v) is 6.87. The highest BCUT2D eigenvalue weighted by molar-refractivity contribution is 5.81. The van der Waals surface area contributed by atoms with E-state index in [1.807, 2.05) is 48.1 Å². The predicted molar refractivity (Wildman–Crippen MR) is 78.0 cm³/mol. The number of hydrogen-bond acceptors (Lipinski definition) is 3. The van der Waals surface area contributed by atoms with Gasteiger partial charge in [0.15, 0.2) is 0 Å². The molecule has 0 saturated heterocycles. The number of carbonyl (C=O) groups is 1. The number of carbonyl (C=O) groups excluding carboxylic acids is 1. The van der Waals surface area contributed by atoms with Crippen LogP contribution in [0, 0.1) is 6.92 Å². The molecule has 1 aromatic heterocycles. The number of anilines is 1. The lowest BCUT2D eigenvalue weighted by Gasteiger charge is -2.08. The van der Waals surface area contributed by atoms with Crippen molar-refractivity contribution in [2.75, 3.05) is 11.9 Å². The van der Waals surface area contributed by atoms with Crippen molar-refractivity contribution in [1.29, 1.82) is 0 Å². The molecule has 0 radical (unpaired) electrons. The Morgan fingerprint density at radius 3 is 2.65 bits per heavy atom. The second kappa shape index (κ2) is 5.36. The zero-order valence-corrected chi connectivity index (χ0v) is 11.5. The summed E-state index contributed by atoms with van der Waals surface area (Å²) in [6.45, 7) is 2.28. The number of aryl methyl sites for hydroxylation is 1. The largest absolute Gasteiger partial charge is 0.376 e. The van der Waals surface area contributed by atoms with E-state index in [2.05, 4.69) is 15.7 Å². The molecule has 1 heterocycles. The van der Waals surface area contributed by atoms with Crippen molar-refractivity contribution in [3.8, 4) is 5.69 Å². The van der Waals surface area contributed by atoms with Crippen LogP contribution in [-0.2, 0) is 4.79 Å². The maximum absolute atomic E-state index is 11.6. The van der Waals surface area contributed by atoms with Crippen LogP contribution < -0.4 is 10.6 Å². The molecule has 1 aliphatic rings. The van der Waals surface area contributed by atoms with Gasteiger partial charge in [-0.05, 0) is 50.1 Å². The van der Waals surface area contributed by atoms with Gasteiger partial charge in [0.2, 0.25) is 5.91 Å². The smallest absolute Gasteiger partial charge is 0.239 e. The van der Waals surface area contributed by atoms with Gasteiger partial charge in [-0.15, -0.1) is 0 Å². The molecule has 104 valence electrons. The SMILES string of the molecule is Cc1ccn(-c2ccc(NCC(=O)NC3CC3)cc2)n1. The monoisotopic (exact) mass is 270 g/mol. The molecule has 1 aromatic carbocycles. The maximum atomic E-state index is 11.6. The lowest BCUT2D eigenvalue weighted by Crippen LogP contribution is -2.31. The third-order valence-electron chi connectivity index (χ3n) is 3.25. The standard InChI is InChI=1S/C15H18N4O/c1-11-8-9-19(18-11)14-6-4-12(5-7-14)16-10-15(20)17-13-2-3-13/h4-9,13,16H,2-3,10H2,1H3,(H,17,20). The number of nitrogens with one attached hydrogen (secondary N) is 2. The van der Waals surface area contributed by atoms with Crippen LogP contribution in [0.4, 0.5) is 5.69 Å². The molecular formula is C15H18N4O. The molecule has 1 saturated carbocycles. The van der Waals surface area contributed by atoms with Gasteiger partial charge in [-0.25, -0.2) is 4.68 Å². The zero-order chi connectivity index (χ0) is 13.9. The Balaban J connectivity index is 1.56. The number of amides is 1. The Morgan fingerprint density at radius 2 is 2.05 bits per heavy atom. The van der Waals surface area contributed by atoms with E-state index < -0.39 is 0 Å². The van der Waals surface area contributed by atoms with Gasteiger partial charge < -0.3 is 10.6 Å². The molecule has 3 rings (SSSR count). The lowest BCUT2D eigenvalue weighted by molar-refractivity contribution is -0.119. The molecule has 2 N–H and O–H groups in total. The summed E-state index contributed by atoms with van der Waals surface area (Å²) in [4.78, 5) is 11.6. The molecule has 0 spiro atoms. The molecule has 0 unspecified atom stereocenters. The minimum atomic E-state index is 0.0549. The molecule has 0 atom stereocenters. The van der Waals surface area contributed by atoms with Crippen molar-refractivity contribution in [2.45, 2.75) is 25.8 Å². The number of hydrogen-bond donors (Lipinski definition) is 2. The summed E-state index contributed by atoms with van der Waals surface area (Å²) in [5.74, 6) is 0.0549. The van der Waals surface area contributed by atoms with Gasteiger partial charge in [0.05, 0.1) is 17.9 Å². The second-order valence-corrected chi connectivity index (χ2v) is 5.14. The third kappa shape index (κ3) is 3.17. The molecular weight excluding hydrogens is 252 g/mol. The highest BCUT2D eigenvalue weighted by Crippen LogP contribution is 2.18. The molecule has 0 bridgehead atoms. The summed E-state index contributed by atoms with van der Waals surface area (Å²) in [6.07, 6.45) is 4.16. The Morgan fingerprint density at radius 1 is 1.30 bits per heavy atom. The average Bonchev–Trinajstić information content (AvgIpc) is 3.16. The van der Waals surface area contributed by atoms with Crippen LogP contribution in [0.25, 0.3) is 5.69 Å². The molecule has 5 nitrogen and oxygen atoms in total. The number of rotatable bonds is 5. The van der Waals surface area contributed by atoms with E-state index in [9.17, 15) is 4.79 Å². The third-order valence-corrected chi connectivity index (χ3v) is 3.25. The van der Waals surface area contributed by atoms with Crippen LogP contribution in [-0.4, -0.2) is 28.3 Å². The minimum Gasteiger partial charge on any atom is -0.376 e. The minimum absolute atomic E-state index is 0.0549. The molecule has 1 amide bonds. The highest BCUT2D eigenvalue weighted by Gasteiger charge is 2.22. The zero-order valence-electron chi connectivity index (χ0n) is 11.5. The Bertz CT molecular complexity index is 599. The Kier molecular flexibility index (Phi) is 3.41. The van der Waals surface area contributed by atoms with Crippen LogP contribution in [0.1, 0.15) is 18.5 Å². The van der Waals surface area contributed by atoms with E-state index in [0.717, 1.165) is 29.9 Å². The molecule has 20 heavy (non-hydrogen) atoms. The van der Waals surface area contributed by atoms with Gasteiger partial charge >= 0.3 is 0 Å². The van der Waals surface area contributed by atoms with E-state index in [4.69, 9.17) is 0 Å². The average molecular weight is 270 g/mol. The normalized spacial score (nSPS) is 14.1. The molecule has 0 aliphatic heterocycles. The van der Waals surface area contributed by atoms with Crippen LogP contribution in [0.3, 0.4) is 0 Å². The van der Waals surface area contributed by atoms with Gasteiger partial charge in [0.25, 0.3) is 0 Å². The fourth-order valence-electron chi connectivity index (χ4n) is 1.98. The van der Waals surface area contributed by atoms with Crippen LogP contribution in [0.5, 0.6) is 0 Å². The second-order valence-electron chi connectivity index (χ2n) is 5.14. The summed E-state index contributed by atoms with van der Waals surface area (Å²) in [6, 6.07) is 10.2. The fourth-order valence-corrected chi connectivity index (χ4v) is 1.98. The van der Waals surface area contributed by atoms with Gasteiger partial charge in [-0.1, -0.05) is 0 Å². The fraction of sp³-hybridized carbons (Fsp3) is 0.333. The van der Waals surface area contributed by atoms with Gasteiger partial charge in [0.1, 0.15) is 0 Å². The van der Waals surface area contributed by atoms with E-state index in [1.54, 1.807) is 0 Å². The summed E-state index contributed by atoms with van der Waals surface area (Å²) < 4.78 is 1.83. The van der Waals surface area contributed by atoms with Gasteiger partial charge in [-0.2, -0.15) is 5.10 Å². The van der Waals surface area contributed by atoms with Gasteiger partial charge in [-0.3, -0.25) is 4.79 Å². The molecule has 1 fully saturated rings. The molecule has 1 aliphatic carbocycles. The topological polar surface area (TPSA) is 59.0 Å².